The lowest BCUT2D eigenvalue weighted by Gasteiger charge is -2.06. The lowest BCUT2D eigenvalue weighted by atomic mass is 10.1. The van der Waals surface area contributed by atoms with Crippen LogP contribution in [-0.2, 0) is 4.79 Å². The van der Waals surface area contributed by atoms with Crippen molar-refractivity contribution in [2.45, 2.75) is 25.8 Å². The zero-order valence-electron chi connectivity index (χ0n) is 14.8. The molecule has 2 N–H and O–H groups in total. The molecule has 7 heteroatoms. The zero-order chi connectivity index (χ0) is 19.4. The van der Waals surface area contributed by atoms with Crippen molar-refractivity contribution in [3.05, 3.63) is 75.3 Å². The maximum absolute atomic E-state index is 12.1. The fraction of sp³-hybridized carbons (Fsp3) is 0.200. The molecule has 0 atom stereocenters. The van der Waals surface area contributed by atoms with E-state index in [9.17, 15) is 19.7 Å². The summed E-state index contributed by atoms with van der Waals surface area (Å²) in [6, 6.07) is 11.5. The molecule has 0 spiro atoms. The van der Waals surface area contributed by atoms with E-state index in [4.69, 9.17) is 0 Å². The smallest absolute Gasteiger partial charge is 0.271 e. The van der Waals surface area contributed by atoms with Crippen LogP contribution in [0.3, 0.4) is 0 Å². The summed E-state index contributed by atoms with van der Waals surface area (Å²) in [4.78, 5) is 34.4. The molecule has 27 heavy (non-hydrogen) atoms. The van der Waals surface area contributed by atoms with Crippen LogP contribution < -0.4 is 10.6 Å². The monoisotopic (exact) mass is 365 g/mol. The number of nitro groups is 1. The maximum atomic E-state index is 12.1. The first-order valence-corrected chi connectivity index (χ1v) is 8.57. The molecule has 0 heterocycles. The topological polar surface area (TPSA) is 101 Å². The summed E-state index contributed by atoms with van der Waals surface area (Å²) in [5, 5.41) is 16.4. The number of benzene rings is 2. The second-order valence-electron chi connectivity index (χ2n) is 6.45. The van der Waals surface area contributed by atoms with Crippen LogP contribution in [0.25, 0.3) is 6.08 Å². The summed E-state index contributed by atoms with van der Waals surface area (Å²) in [6.45, 7) is 1.76. The fourth-order valence-electron chi connectivity index (χ4n) is 2.45. The van der Waals surface area contributed by atoms with Crippen LogP contribution in [0.15, 0.2) is 48.5 Å². The predicted molar refractivity (Wildman–Crippen MR) is 102 cm³/mol. The van der Waals surface area contributed by atoms with E-state index in [-0.39, 0.29) is 11.6 Å². The van der Waals surface area contributed by atoms with E-state index in [1.807, 2.05) is 0 Å². The second-order valence-corrected chi connectivity index (χ2v) is 6.45. The van der Waals surface area contributed by atoms with Crippen LogP contribution in [0, 0.1) is 17.0 Å². The molecule has 0 bridgehead atoms. The molecule has 3 rings (SSSR count). The van der Waals surface area contributed by atoms with Crippen LogP contribution >= 0.6 is 0 Å². The van der Waals surface area contributed by atoms with Crippen molar-refractivity contribution in [2.75, 3.05) is 5.32 Å². The molecule has 2 amide bonds. The first-order chi connectivity index (χ1) is 12.9. The highest BCUT2D eigenvalue weighted by Gasteiger charge is 2.23. The van der Waals surface area contributed by atoms with E-state index in [0.717, 1.165) is 24.0 Å². The van der Waals surface area contributed by atoms with Crippen molar-refractivity contribution in [3.63, 3.8) is 0 Å². The number of rotatable bonds is 6. The van der Waals surface area contributed by atoms with E-state index in [0.29, 0.717) is 17.3 Å². The van der Waals surface area contributed by atoms with Gasteiger partial charge in [-0.2, -0.15) is 0 Å². The number of carbonyl (C=O) groups excluding carboxylic acids is 2. The van der Waals surface area contributed by atoms with Crippen molar-refractivity contribution in [1.29, 1.82) is 0 Å². The minimum Gasteiger partial charge on any atom is -0.349 e. The van der Waals surface area contributed by atoms with Gasteiger partial charge in [-0.25, -0.2) is 0 Å². The Hall–Kier alpha value is -3.48. The molecule has 7 nitrogen and oxygen atoms in total. The molecule has 0 radical (unpaired) electrons. The quantitative estimate of drug-likeness (QED) is 0.465. The lowest BCUT2D eigenvalue weighted by molar-refractivity contribution is -0.384. The molecule has 2 aromatic rings. The van der Waals surface area contributed by atoms with Crippen molar-refractivity contribution in [1.82, 2.24) is 5.32 Å². The van der Waals surface area contributed by atoms with Crippen LogP contribution in [0.4, 0.5) is 11.4 Å². The van der Waals surface area contributed by atoms with Gasteiger partial charge in [0.05, 0.1) is 10.6 Å². The number of hydrogen-bond donors (Lipinski definition) is 2. The molecule has 1 aliphatic carbocycles. The van der Waals surface area contributed by atoms with Gasteiger partial charge in [0, 0.05) is 29.8 Å². The SMILES string of the molecule is Cc1ccc([N+](=O)[O-])cc1NC(=O)/C=C\c1ccc(C(=O)NC2CC2)cc1. The molecule has 1 fully saturated rings. The van der Waals surface area contributed by atoms with Crippen molar-refractivity contribution in [2.24, 2.45) is 0 Å². The Morgan fingerprint density at radius 2 is 1.85 bits per heavy atom. The van der Waals surface area contributed by atoms with E-state index in [1.54, 1.807) is 43.3 Å². The van der Waals surface area contributed by atoms with Gasteiger partial charge in [-0.3, -0.25) is 19.7 Å². The maximum Gasteiger partial charge on any atom is 0.271 e. The summed E-state index contributed by atoms with van der Waals surface area (Å²) in [7, 11) is 0. The predicted octanol–water partition coefficient (Wildman–Crippen LogP) is 3.45. The highest BCUT2D eigenvalue weighted by Crippen LogP contribution is 2.22. The first-order valence-electron chi connectivity index (χ1n) is 8.57. The van der Waals surface area contributed by atoms with Gasteiger partial charge in [0.1, 0.15) is 0 Å². The third-order valence-corrected chi connectivity index (χ3v) is 4.20. The number of hydrogen-bond acceptors (Lipinski definition) is 4. The Bertz CT molecular complexity index is 915. The molecular weight excluding hydrogens is 346 g/mol. The number of aryl methyl sites for hydroxylation is 1. The van der Waals surface area contributed by atoms with Crippen LogP contribution in [-0.4, -0.2) is 22.8 Å². The van der Waals surface area contributed by atoms with Gasteiger partial charge < -0.3 is 10.6 Å². The Balaban J connectivity index is 1.62. The third-order valence-electron chi connectivity index (χ3n) is 4.20. The van der Waals surface area contributed by atoms with Gasteiger partial charge in [-0.05, 0) is 49.1 Å². The number of amides is 2. The van der Waals surface area contributed by atoms with E-state index in [2.05, 4.69) is 10.6 Å². The highest BCUT2D eigenvalue weighted by atomic mass is 16.6. The summed E-state index contributed by atoms with van der Waals surface area (Å²) >= 11 is 0. The summed E-state index contributed by atoms with van der Waals surface area (Å²) < 4.78 is 0. The Morgan fingerprint density at radius 1 is 1.15 bits per heavy atom. The number of anilines is 1. The van der Waals surface area contributed by atoms with Gasteiger partial charge in [-0.15, -0.1) is 0 Å². The van der Waals surface area contributed by atoms with Gasteiger partial charge in [0.15, 0.2) is 0 Å². The summed E-state index contributed by atoms with van der Waals surface area (Å²) in [6.07, 6.45) is 5.03. The molecule has 0 unspecified atom stereocenters. The molecule has 0 aliphatic heterocycles. The zero-order valence-corrected chi connectivity index (χ0v) is 14.8. The Labute approximate surface area is 156 Å². The molecular formula is C20H19N3O4. The minimum atomic E-state index is -0.508. The van der Waals surface area contributed by atoms with Crippen LogP contribution in [0.5, 0.6) is 0 Å². The van der Waals surface area contributed by atoms with Gasteiger partial charge in [0.2, 0.25) is 5.91 Å². The molecule has 1 aliphatic rings. The van der Waals surface area contributed by atoms with E-state index < -0.39 is 10.8 Å². The first kappa shape index (κ1) is 18.3. The normalized spacial score (nSPS) is 13.4. The van der Waals surface area contributed by atoms with Gasteiger partial charge >= 0.3 is 0 Å². The van der Waals surface area contributed by atoms with Crippen molar-refractivity contribution >= 4 is 29.3 Å². The fourth-order valence-corrected chi connectivity index (χ4v) is 2.45. The Morgan fingerprint density at radius 3 is 2.48 bits per heavy atom. The number of carbonyl (C=O) groups is 2. The van der Waals surface area contributed by atoms with Gasteiger partial charge in [0.25, 0.3) is 11.6 Å². The largest absolute Gasteiger partial charge is 0.349 e. The molecule has 2 aromatic carbocycles. The summed E-state index contributed by atoms with van der Waals surface area (Å²) in [5.74, 6) is -0.485. The third kappa shape index (κ3) is 5.01. The van der Waals surface area contributed by atoms with E-state index in [1.165, 1.54) is 18.2 Å². The average molecular weight is 365 g/mol. The highest BCUT2D eigenvalue weighted by molar-refractivity contribution is 6.02. The number of nitrogens with one attached hydrogen (secondary N) is 2. The van der Waals surface area contributed by atoms with Crippen LogP contribution in [0.2, 0.25) is 0 Å². The Kier molecular flexibility index (Phi) is 5.30. The number of nitrogens with zero attached hydrogens (tertiary/aromatic N) is 1. The van der Waals surface area contributed by atoms with Crippen LogP contribution in [0.1, 0.15) is 34.3 Å². The number of non-ortho nitro benzene ring substituents is 1. The van der Waals surface area contributed by atoms with Crippen molar-refractivity contribution < 1.29 is 14.5 Å². The standard InChI is InChI=1S/C20H19N3O4/c1-13-2-10-17(23(26)27)12-18(13)22-19(24)11-5-14-3-6-15(7-4-14)20(25)21-16-8-9-16/h2-7,10-12,16H,8-9H2,1H3,(H,21,25)(H,22,24)/b11-5-. The molecule has 1 saturated carbocycles. The van der Waals surface area contributed by atoms with E-state index >= 15 is 0 Å². The minimum absolute atomic E-state index is 0.0834. The molecule has 0 aromatic heterocycles. The molecule has 138 valence electrons. The average Bonchev–Trinajstić information content (AvgIpc) is 3.46. The lowest BCUT2D eigenvalue weighted by Crippen LogP contribution is -2.25. The summed E-state index contributed by atoms with van der Waals surface area (Å²) in [5.41, 5.74) is 2.39. The van der Waals surface area contributed by atoms with Crippen molar-refractivity contribution in [3.8, 4) is 0 Å². The molecule has 0 saturated heterocycles. The number of nitro benzene ring substituents is 1. The van der Waals surface area contributed by atoms with Gasteiger partial charge in [-0.1, -0.05) is 18.2 Å². The second kappa shape index (κ2) is 7.82.